The summed E-state index contributed by atoms with van der Waals surface area (Å²) in [5, 5.41) is 12.4. The Hall–Kier alpha value is -0.870. The van der Waals surface area contributed by atoms with E-state index in [2.05, 4.69) is 27.9 Å². The van der Waals surface area contributed by atoms with Crippen molar-refractivity contribution in [2.45, 2.75) is 20.4 Å². The van der Waals surface area contributed by atoms with Crippen molar-refractivity contribution in [3.8, 4) is 0 Å². The third kappa shape index (κ3) is 1.67. The van der Waals surface area contributed by atoms with Crippen LogP contribution in [0.4, 0.5) is 0 Å². The molecule has 0 spiro atoms. The number of thiophene rings is 1. The second-order valence-electron chi connectivity index (χ2n) is 3.18. The molecule has 0 saturated heterocycles. The summed E-state index contributed by atoms with van der Waals surface area (Å²) in [4.78, 5) is 0. The van der Waals surface area contributed by atoms with Gasteiger partial charge in [0.2, 0.25) is 5.28 Å². The highest BCUT2D eigenvalue weighted by Crippen LogP contribution is 2.17. The first kappa shape index (κ1) is 9.68. The smallest absolute Gasteiger partial charge is 0.225 e. The van der Waals surface area contributed by atoms with E-state index in [1.807, 2.05) is 11.5 Å². The fraction of sp³-hybridized carbons (Fsp3) is 0.333. The number of aryl methyl sites for hydroxylation is 2. The summed E-state index contributed by atoms with van der Waals surface area (Å²) in [7, 11) is 0. The standard InChI is InChI=1S/C9H10ClN3S/c1-6-4-14-5-8(6)3-13-7(2)11-12-9(13)10/h4-5H,3H2,1-2H3. The SMILES string of the molecule is Cc1cscc1Cn1c(C)nnc1Cl. The quantitative estimate of drug-likeness (QED) is 0.790. The van der Waals surface area contributed by atoms with Crippen LogP contribution in [0.15, 0.2) is 10.8 Å². The van der Waals surface area contributed by atoms with Crippen LogP contribution in [0.2, 0.25) is 5.28 Å². The van der Waals surface area contributed by atoms with Gasteiger partial charge in [0.1, 0.15) is 5.82 Å². The summed E-state index contributed by atoms with van der Waals surface area (Å²) in [6.07, 6.45) is 0. The predicted molar refractivity (Wildman–Crippen MR) is 57.9 cm³/mol. The highest BCUT2D eigenvalue weighted by atomic mass is 35.5. The number of rotatable bonds is 2. The Balaban J connectivity index is 2.31. The highest BCUT2D eigenvalue weighted by Gasteiger charge is 2.08. The minimum absolute atomic E-state index is 0.452. The molecule has 0 saturated carbocycles. The molecule has 3 nitrogen and oxygen atoms in total. The first-order chi connectivity index (χ1) is 6.68. The van der Waals surface area contributed by atoms with E-state index in [0.29, 0.717) is 5.28 Å². The topological polar surface area (TPSA) is 30.7 Å². The molecule has 0 aliphatic heterocycles. The van der Waals surface area contributed by atoms with Crippen molar-refractivity contribution in [2.75, 3.05) is 0 Å². The molecule has 0 aromatic carbocycles. The van der Waals surface area contributed by atoms with Crippen LogP contribution in [0, 0.1) is 13.8 Å². The van der Waals surface area contributed by atoms with Crippen molar-refractivity contribution >= 4 is 22.9 Å². The molecule has 5 heteroatoms. The molecular formula is C9H10ClN3S. The molecule has 0 atom stereocenters. The van der Waals surface area contributed by atoms with Crippen LogP contribution in [0.5, 0.6) is 0 Å². The average Bonchev–Trinajstić information content (AvgIpc) is 2.67. The van der Waals surface area contributed by atoms with E-state index in [9.17, 15) is 0 Å². The van der Waals surface area contributed by atoms with Crippen LogP contribution in [-0.4, -0.2) is 14.8 Å². The number of hydrogen-bond donors (Lipinski definition) is 0. The molecule has 2 rings (SSSR count). The van der Waals surface area contributed by atoms with E-state index in [1.165, 1.54) is 11.1 Å². The molecule has 2 aromatic rings. The zero-order valence-electron chi connectivity index (χ0n) is 7.99. The van der Waals surface area contributed by atoms with Gasteiger partial charge >= 0.3 is 0 Å². The van der Waals surface area contributed by atoms with E-state index >= 15 is 0 Å². The van der Waals surface area contributed by atoms with Gasteiger partial charge in [-0.1, -0.05) is 0 Å². The summed E-state index contributed by atoms with van der Waals surface area (Å²) >= 11 is 7.61. The van der Waals surface area contributed by atoms with Gasteiger partial charge in [0, 0.05) is 0 Å². The first-order valence-corrected chi connectivity index (χ1v) is 5.57. The summed E-state index contributed by atoms with van der Waals surface area (Å²) in [6.45, 7) is 4.76. The number of aromatic nitrogens is 3. The van der Waals surface area contributed by atoms with Gasteiger partial charge in [-0.3, -0.25) is 4.57 Å². The fourth-order valence-corrected chi connectivity index (χ4v) is 2.32. The number of nitrogens with zero attached hydrogens (tertiary/aromatic N) is 3. The van der Waals surface area contributed by atoms with E-state index in [4.69, 9.17) is 11.6 Å². The molecule has 0 amide bonds. The first-order valence-electron chi connectivity index (χ1n) is 4.25. The van der Waals surface area contributed by atoms with Crippen LogP contribution in [0.1, 0.15) is 17.0 Å². The van der Waals surface area contributed by atoms with Crippen LogP contribution in [0.25, 0.3) is 0 Å². The van der Waals surface area contributed by atoms with Crippen LogP contribution in [0.3, 0.4) is 0 Å². The van der Waals surface area contributed by atoms with Crippen molar-refractivity contribution in [3.63, 3.8) is 0 Å². The van der Waals surface area contributed by atoms with E-state index < -0.39 is 0 Å². The lowest BCUT2D eigenvalue weighted by molar-refractivity contribution is 0.760. The lowest BCUT2D eigenvalue weighted by atomic mass is 10.2. The Kier molecular flexibility index (Phi) is 2.56. The third-order valence-electron chi connectivity index (χ3n) is 2.18. The zero-order valence-corrected chi connectivity index (χ0v) is 9.56. The summed E-state index contributed by atoms with van der Waals surface area (Å²) in [5.74, 6) is 0.848. The van der Waals surface area contributed by atoms with Gasteiger partial charge in [-0.25, -0.2) is 0 Å². The summed E-state index contributed by atoms with van der Waals surface area (Å²) < 4.78 is 1.90. The summed E-state index contributed by atoms with van der Waals surface area (Å²) in [6, 6.07) is 0. The molecule has 0 aliphatic rings. The van der Waals surface area contributed by atoms with Crippen molar-refractivity contribution in [1.82, 2.24) is 14.8 Å². The maximum Gasteiger partial charge on any atom is 0.225 e. The van der Waals surface area contributed by atoms with Crippen LogP contribution >= 0.6 is 22.9 Å². The maximum absolute atomic E-state index is 5.91. The van der Waals surface area contributed by atoms with Gasteiger partial charge in [-0.05, 0) is 47.3 Å². The van der Waals surface area contributed by atoms with Gasteiger partial charge in [0.25, 0.3) is 0 Å². The van der Waals surface area contributed by atoms with Gasteiger partial charge in [-0.2, -0.15) is 11.3 Å². The van der Waals surface area contributed by atoms with Gasteiger partial charge in [0.05, 0.1) is 6.54 Å². The Labute approximate surface area is 91.4 Å². The molecule has 2 aromatic heterocycles. The molecule has 0 fully saturated rings. The van der Waals surface area contributed by atoms with Crippen molar-refractivity contribution in [3.05, 3.63) is 33.0 Å². The van der Waals surface area contributed by atoms with Crippen LogP contribution in [-0.2, 0) is 6.54 Å². The molecule has 0 N–H and O–H groups in total. The van der Waals surface area contributed by atoms with E-state index in [1.54, 1.807) is 11.3 Å². The summed E-state index contributed by atoms with van der Waals surface area (Å²) in [5.41, 5.74) is 2.57. The predicted octanol–water partition coefficient (Wildman–Crippen LogP) is 2.66. The van der Waals surface area contributed by atoms with Crippen molar-refractivity contribution in [1.29, 1.82) is 0 Å². The molecule has 0 radical (unpaired) electrons. The average molecular weight is 228 g/mol. The minimum atomic E-state index is 0.452. The molecule has 2 heterocycles. The highest BCUT2D eigenvalue weighted by molar-refractivity contribution is 7.08. The van der Waals surface area contributed by atoms with E-state index in [0.717, 1.165) is 12.4 Å². The van der Waals surface area contributed by atoms with Crippen LogP contribution < -0.4 is 0 Å². The zero-order chi connectivity index (χ0) is 10.1. The monoisotopic (exact) mass is 227 g/mol. The van der Waals surface area contributed by atoms with Gasteiger partial charge < -0.3 is 0 Å². The van der Waals surface area contributed by atoms with Crippen molar-refractivity contribution in [2.24, 2.45) is 0 Å². The molecule has 14 heavy (non-hydrogen) atoms. The Morgan fingerprint density at radius 2 is 2.14 bits per heavy atom. The van der Waals surface area contributed by atoms with Crippen molar-refractivity contribution < 1.29 is 0 Å². The second-order valence-corrected chi connectivity index (χ2v) is 4.26. The van der Waals surface area contributed by atoms with Gasteiger partial charge in [0.15, 0.2) is 0 Å². The second kappa shape index (κ2) is 3.71. The molecule has 74 valence electrons. The normalized spacial score (nSPS) is 10.8. The number of halogens is 1. The molecule has 0 unspecified atom stereocenters. The maximum atomic E-state index is 5.91. The third-order valence-corrected chi connectivity index (χ3v) is 3.37. The Bertz CT molecular complexity index is 427. The lowest BCUT2D eigenvalue weighted by Gasteiger charge is -2.04. The molecule has 0 aliphatic carbocycles. The minimum Gasteiger partial charge on any atom is -0.297 e. The fourth-order valence-electron chi connectivity index (χ4n) is 1.25. The van der Waals surface area contributed by atoms with Gasteiger partial charge in [-0.15, -0.1) is 10.2 Å². The largest absolute Gasteiger partial charge is 0.297 e. The van der Waals surface area contributed by atoms with E-state index in [-0.39, 0.29) is 0 Å². The molecule has 0 bridgehead atoms. The lowest BCUT2D eigenvalue weighted by Crippen LogP contribution is -2.02. The number of hydrogen-bond acceptors (Lipinski definition) is 3. The Morgan fingerprint density at radius 1 is 1.36 bits per heavy atom. The molecular weight excluding hydrogens is 218 g/mol. The Morgan fingerprint density at radius 3 is 2.64 bits per heavy atom.